The van der Waals surface area contributed by atoms with Gasteiger partial charge >= 0.3 is 0 Å². The minimum Gasteiger partial charge on any atom is -0.368 e. The number of carbonyl (C=O) groups excluding carboxylic acids is 1. The highest BCUT2D eigenvalue weighted by Gasteiger charge is 2.49. The fourth-order valence-electron chi connectivity index (χ4n) is 3.84. The van der Waals surface area contributed by atoms with Crippen LogP contribution in [-0.4, -0.2) is 41.5 Å². The standard InChI is InChI=1S/C15H27N3O/c1-14(2)7-8-18(10-14)12-5-6-15(9-12,13(16)19)17-11-3-4-11/h11-12,17H,3-10H2,1-2H3,(H2,16,19). The Balaban J connectivity index is 1.66. The Morgan fingerprint density at radius 3 is 2.53 bits per heavy atom. The molecule has 3 fully saturated rings. The molecule has 0 aromatic heterocycles. The van der Waals surface area contributed by atoms with Crippen LogP contribution < -0.4 is 11.1 Å². The molecule has 2 unspecified atom stereocenters. The zero-order valence-electron chi connectivity index (χ0n) is 12.2. The fourth-order valence-corrected chi connectivity index (χ4v) is 3.84. The van der Waals surface area contributed by atoms with Crippen molar-refractivity contribution in [2.24, 2.45) is 11.1 Å². The van der Waals surface area contributed by atoms with Gasteiger partial charge in [-0.15, -0.1) is 0 Å². The Labute approximate surface area is 116 Å². The van der Waals surface area contributed by atoms with Crippen LogP contribution in [0.25, 0.3) is 0 Å². The first-order valence-electron chi connectivity index (χ1n) is 7.72. The highest BCUT2D eigenvalue weighted by atomic mass is 16.1. The lowest BCUT2D eigenvalue weighted by Gasteiger charge is -2.30. The van der Waals surface area contributed by atoms with Crippen LogP contribution >= 0.6 is 0 Å². The number of nitrogens with zero attached hydrogens (tertiary/aromatic N) is 1. The Morgan fingerprint density at radius 1 is 1.26 bits per heavy atom. The second kappa shape index (κ2) is 4.45. The SMILES string of the molecule is CC1(C)CCN(C2CCC(NC3CC3)(C(N)=O)C2)C1. The summed E-state index contributed by atoms with van der Waals surface area (Å²) in [6.07, 6.45) is 6.62. The van der Waals surface area contributed by atoms with Gasteiger partial charge in [-0.25, -0.2) is 0 Å². The Bertz CT molecular complexity index is 378. The van der Waals surface area contributed by atoms with Crippen LogP contribution in [0.4, 0.5) is 0 Å². The summed E-state index contributed by atoms with van der Waals surface area (Å²) in [6.45, 7) is 7.02. The maximum Gasteiger partial charge on any atom is 0.237 e. The zero-order chi connectivity index (χ0) is 13.7. The predicted octanol–water partition coefficient (Wildman–Crippen LogP) is 1.25. The van der Waals surface area contributed by atoms with Crippen molar-refractivity contribution in [3.8, 4) is 0 Å². The van der Waals surface area contributed by atoms with Crippen molar-refractivity contribution in [1.82, 2.24) is 10.2 Å². The smallest absolute Gasteiger partial charge is 0.237 e. The molecule has 1 aliphatic heterocycles. The highest BCUT2D eigenvalue weighted by molar-refractivity contribution is 5.85. The number of nitrogens with two attached hydrogens (primary N) is 1. The maximum atomic E-state index is 11.9. The lowest BCUT2D eigenvalue weighted by Crippen LogP contribution is -2.55. The molecule has 0 spiro atoms. The molecular formula is C15H27N3O. The van der Waals surface area contributed by atoms with Crippen molar-refractivity contribution in [2.45, 2.75) is 70.0 Å². The van der Waals surface area contributed by atoms with E-state index >= 15 is 0 Å². The molecule has 19 heavy (non-hydrogen) atoms. The molecule has 2 aliphatic carbocycles. The Kier molecular flexibility index (Phi) is 3.13. The number of carbonyl (C=O) groups is 1. The van der Waals surface area contributed by atoms with Gasteiger partial charge in [-0.1, -0.05) is 13.8 Å². The van der Waals surface area contributed by atoms with Crippen molar-refractivity contribution in [3.63, 3.8) is 0 Å². The summed E-state index contributed by atoms with van der Waals surface area (Å²) < 4.78 is 0. The van der Waals surface area contributed by atoms with Crippen LogP contribution in [0.15, 0.2) is 0 Å². The molecule has 3 aliphatic rings. The number of hydrogen-bond acceptors (Lipinski definition) is 3. The van der Waals surface area contributed by atoms with Gasteiger partial charge in [0.1, 0.15) is 0 Å². The maximum absolute atomic E-state index is 11.9. The van der Waals surface area contributed by atoms with E-state index in [4.69, 9.17) is 5.73 Å². The van der Waals surface area contributed by atoms with E-state index in [1.165, 1.54) is 25.8 Å². The third kappa shape index (κ3) is 2.65. The molecule has 2 atom stereocenters. The van der Waals surface area contributed by atoms with Gasteiger partial charge in [0.25, 0.3) is 0 Å². The van der Waals surface area contributed by atoms with E-state index in [1.807, 2.05) is 0 Å². The zero-order valence-corrected chi connectivity index (χ0v) is 12.2. The van der Waals surface area contributed by atoms with Crippen LogP contribution in [0.5, 0.6) is 0 Å². The molecule has 0 aromatic carbocycles. The van der Waals surface area contributed by atoms with Crippen LogP contribution in [0, 0.1) is 5.41 Å². The van der Waals surface area contributed by atoms with Crippen molar-refractivity contribution in [3.05, 3.63) is 0 Å². The Morgan fingerprint density at radius 2 is 2.00 bits per heavy atom. The molecule has 0 radical (unpaired) electrons. The number of amides is 1. The van der Waals surface area contributed by atoms with E-state index in [9.17, 15) is 4.79 Å². The van der Waals surface area contributed by atoms with E-state index in [2.05, 4.69) is 24.1 Å². The summed E-state index contributed by atoms with van der Waals surface area (Å²) in [5.74, 6) is -0.139. The fraction of sp³-hybridized carbons (Fsp3) is 0.933. The molecule has 4 heteroatoms. The molecule has 4 nitrogen and oxygen atoms in total. The number of rotatable bonds is 4. The number of likely N-dealkylation sites (tertiary alicyclic amines) is 1. The highest BCUT2D eigenvalue weighted by Crippen LogP contribution is 2.40. The summed E-state index contributed by atoms with van der Waals surface area (Å²) in [6, 6.07) is 1.08. The molecule has 3 rings (SSSR count). The van der Waals surface area contributed by atoms with Crippen molar-refractivity contribution >= 4 is 5.91 Å². The molecule has 3 N–H and O–H groups in total. The van der Waals surface area contributed by atoms with E-state index in [1.54, 1.807) is 0 Å². The Hall–Kier alpha value is -0.610. The van der Waals surface area contributed by atoms with E-state index in [0.29, 0.717) is 17.5 Å². The first-order chi connectivity index (χ1) is 8.90. The number of primary amides is 1. The van der Waals surface area contributed by atoms with Crippen LogP contribution in [0.3, 0.4) is 0 Å². The van der Waals surface area contributed by atoms with Gasteiger partial charge < -0.3 is 11.1 Å². The third-order valence-corrected chi connectivity index (χ3v) is 5.24. The molecule has 1 heterocycles. The van der Waals surface area contributed by atoms with E-state index < -0.39 is 5.54 Å². The summed E-state index contributed by atoms with van der Waals surface area (Å²) in [5, 5.41) is 3.54. The summed E-state index contributed by atoms with van der Waals surface area (Å²) in [7, 11) is 0. The van der Waals surface area contributed by atoms with Gasteiger partial charge in [-0.3, -0.25) is 9.69 Å². The molecule has 1 amide bonds. The van der Waals surface area contributed by atoms with E-state index in [0.717, 1.165) is 25.8 Å². The van der Waals surface area contributed by atoms with Gasteiger partial charge in [0.15, 0.2) is 0 Å². The van der Waals surface area contributed by atoms with Crippen molar-refractivity contribution in [1.29, 1.82) is 0 Å². The van der Waals surface area contributed by atoms with Crippen LogP contribution in [0.1, 0.15) is 52.4 Å². The molecule has 1 saturated heterocycles. The third-order valence-electron chi connectivity index (χ3n) is 5.24. The molecule has 0 aromatic rings. The average molecular weight is 265 g/mol. The second-order valence-electron chi connectivity index (χ2n) is 7.65. The van der Waals surface area contributed by atoms with Crippen LogP contribution in [-0.2, 0) is 4.79 Å². The average Bonchev–Trinajstić information content (AvgIpc) is 2.88. The normalized spacial score (nSPS) is 38.7. The van der Waals surface area contributed by atoms with Crippen LogP contribution in [0.2, 0.25) is 0 Å². The minimum atomic E-state index is -0.418. The summed E-state index contributed by atoms with van der Waals surface area (Å²) in [5.41, 5.74) is 5.72. The lowest BCUT2D eigenvalue weighted by molar-refractivity contribution is -0.124. The van der Waals surface area contributed by atoms with Gasteiger partial charge in [-0.05, 0) is 50.5 Å². The predicted molar refractivity (Wildman–Crippen MR) is 75.7 cm³/mol. The largest absolute Gasteiger partial charge is 0.368 e. The van der Waals surface area contributed by atoms with Gasteiger partial charge in [0, 0.05) is 18.6 Å². The minimum absolute atomic E-state index is 0.139. The summed E-state index contributed by atoms with van der Waals surface area (Å²) >= 11 is 0. The van der Waals surface area contributed by atoms with E-state index in [-0.39, 0.29) is 5.91 Å². The molecule has 0 bridgehead atoms. The van der Waals surface area contributed by atoms with Gasteiger partial charge in [-0.2, -0.15) is 0 Å². The van der Waals surface area contributed by atoms with Crippen molar-refractivity contribution in [2.75, 3.05) is 13.1 Å². The molecule has 2 saturated carbocycles. The quantitative estimate of drug-likeness (QED) is 0.804. The first-order valence-corrected chi connectivity index (χ1v) is 7.72. The number of hydrogen-bond donors (Lipinski definition) is 2. The molecular weight excluding hydrogens is 238 g/mol. The van der Waals surface area contributed by atoms with Gasteiger partial charge in [0.2, 0.25) is 5.91 Å². The lowest BCUT2D eigenvalue weighted by atomic mass is 9.93. The number of nitrogens with one attached hydrogen (secondary N) is 1. The molecule has 108 valence electrons. The monoisotopic (exact) mass is 265 g/mol. The van der Waals surface area contributed by atoms with Gasteiger partial charge in [0.05, 0.1) is 5.54 Å². The first kappa shape index (κ1) is 13.4. The summed E-state index contributed by atoms with van der Waals surface area (Å²) in [4.78, 5) is 14.5. The second-order valence-corrected chi connectivity index (χ2v) is 7.65. The topological polar surface area (TPSA) is 58.4 Å². The van der Waals surface area contributed by atoms with Crippen molar-refractivity contribution < 1.29 is 4.79 Å².